The Hall–Kier alpha value is -0.710. The summed E-state index contributed by atoms with van der Waals surface area (Å²) in [6.07, 6.45) is -0.853. The third kappa shape index (κ3) is 5.11. The van der Waals surface area contributed by atoms with E-state index in [-0.39, 0.29) is 13.0 Å². The van der Waals surface area contributed by atoms with Gasteiger partial charge >= 0.3 is 5.97 Å². The van der Waals surface area contributed by atoms with Crippen molar-refractivity contribution in [1.29, 1.82) is 0 Å². The van der Waals surface area contributed by atoms with Crippen molar-refractivity contribution in [2.45, 2.75) is 45.1 Å². The van der Waals surface area contributed by atoms with E-state index in [0.29, 0.717) is 0 Å². The fraction of sp³-hybridized carbons (Fsp3) is 0.889. The minimum atomic E-state index is -2.88. The van der Waals surface area contributed by atoms with Gasteiger partial charge in [-0.15, -0.1) is 0 Å². The molecule has 3 nitrogen and oxygen atoms in total. The molecular formula is C9H16F2O3. The van der Waals surface area contributed by atoms with Gasteiger partial charge in [-0.25, -0.2) is 13.6 Å². The summed E-state index contributed by atoms with van der Waals surface area (Å²) in [7, 11) is 0. The van der Waals surface area contributed by atoms with E-state index < -0.39 is 23.9 Å². The smallest absolute Gasteiger partial charge is 0.337 e. The largest absolute Gasteiger partial charge is 0.464 e. The first-order valence-corrected chi connectivity index (χ1v) is 4.46. The highest BCUT2D eigenvalue weighted by Gasteiger charge is 2.35. The van der Waals surface area contributed by atoms with Crippen LogP contribution in [0, 0.1) is 0 Å². The maximum atomic E-state index is 12.4. The number of halogens is 2. The van der Waals surface area contributed by atoms with Crippen molar-refractivity contribution < 1.29 is 23.4 Å². The van der Waals surface area contributed by atoms with Crippen LogP contribution in [0.3, 0.4) is 0 Å². The van der Waals surface area contributed by atoms with Crippen molar-refractivity contribution in [2.75, 3.05) is 6.61 Å². The van der Waals surface area contributed by atoms with Gasteiger partial charge in [-0.3, -0.25) is 0 Å². The molecule has 0 heterocycles. The Balaban J connectivity index is 4.13. The zero-order valence-corrected chi connectivity index (χ0v) is 8.64. The topological polar surface area (TPSA) is 46.5 Å². The van der Waals surface area contributed by atoms with Crippen molar-refractivity contribution in [1.82, 2.24) is 0 Å². The first-order valence-electron chi connectivity index (χ1n) is 4.46. The van der Waals surface area contributed by atoms with Gasteiger partial charge in [-0.05, 0) is 27.2 Å². The van der Waals surface area contributed by atoms with E-state index in [1.165, 1.54) is 6.92 Å². The fourth-order valence-corrected chi connectivity index (χ4v) is 0.852. The molecule has 0 rings (SSSR count). The van der Waals surface area contributed by atoms with Crippen molar-refractivity contribution in [3.8, 4) is 0 Å². The Bertz CT molecular complexity index is 197. The Labute approximate surface area is 82.1 Å². The van der Waals surface area contributed by atoms with Gasteiger partial charge in [0.05, 0.1) is 6.61 Å². The zero-order valence-electron chi connectivity index (χ0n) is 8.64. The predicted molar refractivity (Wildman–Crippen MR) is 47.1 cm³/mol. The predicted octanol–water partition coefficient (Wildman–Crippen LogP) is 1.74. The van der Waals surface area contributed by atoms with Crippen LogP contribution < -0.4 is 0 Å². The average molecular weight is 210 g/mol. The van der Waals surface area contributed by atoms with E-state index >= 15 is 0 Å². The van der Waals surface area contributed by atoms with Gasteiger partial charge < -0.3 is 9.84 Å². The Morgan fingerprint density at radius 3 is 2.21 bits per heavy atom. The minimum absolute atomic E-state index is 0.123. The number of alkyl halides is 2. The van der Waals surface area contributed by atoms with Gasteiger partial charge in [0.2, 0.25) is 5.92 Å². The highest BCUT2D eigenvalue weighted by atomic mass is 19.3. The third-order valence-electron chi connectivity index (χ3n) is 1.77. The highest BCUT2D eigenvalue weighted by Crippen LogP contribution is 2.24. The van der Waals surface area contributed by atoms with Crippen LogP contribution in [0.25, 0.3) is 0 Å². The molecule has 0 saturated carbocycles. The summed E-state index contributed by atoms with van der Waals surface area (Å²) in [6.45, 7) is 3.63. The second kappa shape index (κ2) is 4.68. The number of esters is 1. The molecule has 1 unspecified atom stereocenters. The van der Waals surface area contributed by atoms with Crippen LogP contribution >= 0.6 is 0 Å². The Morgan fingerprint density at radius 1 is 1.36 bits per heavy atom. The van der Waals surface area contributed by atoms with Gasteiger partial charge in [-0.1, -0.05) is 0 Å². The standard InChI is InChI=1S/C9H16F2O3/c1-4-14-7(12)8(2,13)5-6-9(3,10)11/h13H,4-6H2,1-3H3. The number of ether oxygens (including phenoxy) is 1. The van der Waals surface area contributed by atoms with E-state index in [0.717, 1.165) is 6.92 Å². The van der Waals surface area contributed by atoms with Crippen LogP contribution in [0.1, 0.15) is 33.6 Å². The van der Waals surface area contributed by atoms with Gasteiger partial charge in [0, 0.05) is 6.42 Å². The first-order chi connectivity index (χ1) is 6.19. The molecule has 0 aromatic heterocycles. The lowest BCUT2D eigenvalue weighted by Gasteiger charge is -2.22. The molecule has 0 aromatic carbocycles. The van der Waals surface area contributed by atoms with E-state index in [2.05, 4.69) is 4.74 Å². The van der Waals surface area contributed by atoms with Crippen LogP contribution in [0.4, 0.5) is 8.78 Å². The first kappa shape index (κ1) is 13.3. The van der Waals surface area contributed by atoms with Crippen LogP contribution in [0.5, 0.6) is 0 Å². The van der Waals surface area contributed by atoms with Gasteiger partial charge in [0.1, 0.15) is 0 Å². The lowest BCUT2D eigenvalue weighted by atomic mass is 9.98. The number of carbonyl (C=O) groups is 1. The maximum Gasteiger partial charge on any atom is 0.337 e. The molecule has 0 aliphatic heterocycles. The lowest BCUT2D eigenvalue weighted by Crippen LogP contribution is -2.38. The molecule has 1 N–H and O–H groups in total. The molecule has 0 aromatic rings. The molecule has 14 heavy (non-hydrogen) atoms. The molecular weight excluding hydrogens is 194 g/mol. The van der Waals surface area contributed by atoms with Crippen molar-refractivity contribution in [2.24, 2.45) is 0 Å². The third-order valence-corrected chi connectivity index (χ3v) is 1.77. The SMILES string of the molecule is CCOC(=O)C(C)(O)CCC(C)(F)F. The maximum absolute atomic E-state index is 12.4. The van der Waals surface area contributed by atoms with E-state index in [9.17, 15) is 18.7 Å². The molecule has 84 valence electrons. The number of rotatable bonds is 5. The molecule has 0 aliphatic carbocycles. The Kier molecular flexibility index (Phi) is 4.45. The summed E-state index contributed by atoms with van der Waals surface area (Å²) in [6, 6.07) is 0. The fourth-order valence-electron chi connectivity index (χ4n) is 0.852. The van der Waals surface area contributed by atoms with E-state index in [1.807, 2.05) is 0 Å². The second-order valence-corrected chi connectivity index (χ2v) is 3.56. The molecule has 5 heteroatoms. The highest BCUT2D eigenvalue weighted by molar-refractivity contribution is 5.78. The van der Waals surface area contributed by atoms with Crippen LogP contribution in [-0.2, 0) is 9.53 Å². The van der Waals surface area contributed by atoms with Gasteiger partial charge in [0.25, 0.3) is 0 Å². The Morgan fingerprint density at radius 2 is 1.86 bits per heavy atom. The van der Waals surface area contributed by atoms with Crippen LogP contribution in [0.15, 0.2) is 0 Å². The van der Waals surface area contributed by atoms with Crippen LogP contribution in [-0.4, -0.2) is 29.2 Å². The number of carbonyl (C=O) groups excluding carboxylic acids is 1. The summed E-state index contributed by atoms with van der Waals surface area (Å²) in [5.74, 6) is -3.74. The van der Waals surface area contributed by atoms with E-state index in [1.54, 1.807) is 6.92 Å². The van der Waals surface area contributed by atoms with Crippen LogP contribution in [0.2, 0.25) is 0 Å². The number of hydrogen-bond donors (Lipinski definition) is 1. The minimum Gasteiger partial charge on any atom is -0.464 e. The molecule has 0 saturated heterocycles. The molecule has 0 amide bonds. The molecule has 1 atom stereocenters. The van der Waals surface area contributed by atoms with Crippen molar-refractivity contribution >= 4 is 5.97 Å². The average Bonchev–Trinajstić information content (AvgIpc) is 2.00. The molecule has 0 aliphatic rings. The summed E-state index contributed by atoms with van der Waals surface area (Å²) < 4.78 is 29.4. The van der Waals surface area contributed by atoms with Gasteiger partial charge in [-0.2, -0.15) is 0 Å². The monoisotopic (exact) mass is 210 g/mol. The number of hydrogen-bond acceptors (Lipinski definition) is 3. The quantitative estimate of drug-likeness (QED) is 0.703. The molecule has 0 bridgehead atoms. The second-order valence-electron chi connectivity index (χ2n) is 3.56. The lowest BCUT2D eigenvalue weighted by molar-refractivity contribution is -0.165. The summed E-state index contributed by atoms with van der Waals surface area (Å²) in [5.41, 5.74) is -1.82. The number of aliphatic hydroxyl groups is 1. The van der Waals surface area contributed by atoms with Gasteiger partial charge in [0.15, 0.2) is 5.60 Å². The normalized spacial score (nSPS) is 16.1. The summed E-state index contributed by atoms with van der Waals surface area (Å²) in [4.78, 5) is 11.1. The molecule has 0 radical (unpaired) electrons. The van der Waals surface area contributed by atoms with Crippen molar-refractivity contribution in [3.63, 3.8) is 0 Å². The van der Waals surface area contributed by atoms with Crippen molar-refractivity contribution in [3.05, 3.63) is 0 Å². The summed E-state index contributed by atoms with van der Waals surface area (Å²) >= 11 is 0. The molecule has 0 spiro atoms. The zero-order chi connectivity index (χ0) is 11.4. The van der Waals surface area contributed by atoms with E-state index in [4.69, 9.17) is 0 Å². The summed E-state index contributed by atoms with van der Waals surface area (Å²) in [5, 5.41) is 9.47. The molecule has 0 fully saturated rings.